The van der Waals surface area contributed by atoms with Gasteiger partial charge in [0.05, 0.1) is 29.9 Å². The Labute approximate surface area is 155 Å². The summed E-state index contributed by atoms with van der Waals surface area (Å²) >= 11 is 1.22. The fourth-order valence-electron chi connectivity index (χ4n) is 3.34. The van der Waals surface area contributed by atoms with Crippen LogP contribution in [0.5, 0.6) is 0 Å². The molecule has 0 saturated carbocycles. The van der Waals surface area contributed by atoms with Gasteiger partial charge in [-0.1, -0.05) is 0 Å². The molecule has 1 saturated heterocycles. The number of aromatic nitrogens is 2. The van der Waals surface area contributed by atoms with E-state index < -0.39 is 5.82 Å². The van der Waals surface area contributed by atoms with Crippen molar-refractivity contribution in [3.8, 4) is 0 Å². The predicted octanol–water partition coefficient (Wildman–Crippen LogP) is 1.98. The van der Waals surface area contributed by atoms with Crippen LogP contribution in [0, 0.1) is 5.82 Å². The highest BCUT2D eigenvalue weighted by molar-refractivity contribution is 7.98. The van der Waals surface area contributed by atoms with Crippen LogP contribution in [0.2, 0.25) is 0 Å². The maximum absolute atomic E-state index is 13.9. The van der Waals surface area contributed by atoms with Gasteiger partial charge in [0, 0.05) is 30.5 Å². The zero-order valence-electron chi connectivity index (χ0n) is 14.8. The van der Waals surface area contributed by atoms with E-state index in [1.165, 1.54) is 34.8 Å². The molecule has 1 aromatic heterocycles. The van der Waals surface area contributed by atoms with Crippen LogP contribution in [-0.4, -0.2) is 47.4 Å². The van der Waals surface area contributed by atoms with Gasteiger partial charge in [-0.15, -0.1) is 11.8 Å². The molecule has 2 heterocycles. The van der Waals surface area contributed by atoms with Crippen LogP contribution < -0.4 is 10.9 Å². The summed E-state index contributed by atoms with van der Waals surface area (Å²) in [5.74, 6) is -0.471. The Morgan fingerprint density at radius 2 is 2.31 bits per heavy atom. The number of benzene rings is 1. The summed E-state index contributed by atoms with van der Waals surface area (Å²) in [6, 6.07) is 2.71. The molecule has 1 aliphatic heterocycles. The number of carbonyl (C=O) groups excluding carboxylic acids is 1. The molecule has 2 aromatic rings. The van der Waals surface area contributed by atoms with Crippen LogP contribution in [-0.2, 0) is 16.1 Å². The number of fused-ring (bicyclic) bond motifs is 1. The van der Waals surface area contributed by atoms with Crippen LogP contribution in [0.3, 0.4) is 0 Å². The second-order valence-electron chi connectivity index (χ2n) is 6.40. The van der Waals surface area contributed by atoms with Gasteiger partial charge in [-0.05, 0) is 31.7 Å². The number of hydrogen-bond donors (Lipinski definition) is 1. The van der Waals surface area contributed by atoms with Crippen molar-refractivity contribution in [1.29, 1.82) is 0 Å². The Bertz CT molecular complexity index is 871. The van der Waals surface area contributed by atoms with E-state index in [4.69, 9.17) is 4.74 Å². The third-order valence-electron chi connectivity index (χ3n) is 4.72. The average molecular weight is 379 g/mol. The number of rotatable bonds is 6. The standard InChI is InChI=1S/C18H22FN3O3S/c1-25-16-4-3-5-20-15(16)6-11(23)9-22-10-21-14-8-13(19)17(26-2)7-12(14)18(22)24/h7-8,10,15-16,20H,3-6,9H2,1-2H3/t15-,16+/m1/s1. The molecule has 140 valence electrons. The number of piperidine rings is 1. The summed E-state index contributed by atoms with van der Waals surface area (Å²) in [7, 11) is 1.65. The van der Waals surface area contributed by atoms with E-state index in [1.54, 1.807) is 13.4 Å². The lowest BCUT2D eigenvalue weighted by molar-refractivity contribution is -0.121. The van der Waals surface area contributed by atoms with E-state index in [9.17, 15) is 14.0 Å². The number of nitrogens with one attached hydrogen (secondary N) is 1. The van der Waals surface area contributed by atoms with E-state index in [2.05, 4.69) is 10.3 Å². The Morgan fingerprint density at radius 3 is 3.04 bits per heavy atom. The van der Waals surface area contributed by atoms with Crippen molar-refractivity contribution >= 4 is 28.4 Å². The van der Waals surface area contributed by atoms with Crippen LogP contribution in [0.4, 0.5) is 4.39 Å². The van der Waals surface area contributed by atoms with Crippen LogP contribution in [0.1, 0.15) is 19.3 Å². The number of hydrogen-bond acceptors (Lipinski definition) is 6. The van der Waals surface area contributed by atoms with E-state index >= 15 is 0 Å². The fraction of sp³-hybridized carbons (Fsp3) is 0.500. The largest absolute Gasteiger partial charge is 0.380 e. The first-order chi connectivity index (χ1) is 12.5. The van der Waals surface area contributed by atoms with Gasteiger partial charge in [0.2, 0.25) is 0 Å². The summed E-state index contributed by atoms with van der Waals surface area (Å²) in [4.78, 5) is 29.6. The van der Waals surface area contributed by atoms with Gasteiger partial charge >= 0.3 is 0 Å². The van der Waals surface area contributed by atoms with Gasteiger partial charge in [-0.3, -0.25) is 14.2 Å². The quantitative estimate of drug-likeness (QED) is 0.774. The van der Waals surface area contributed by atoms with Crippen LogP contribution in [0.25, 0.3) is 10.9 Å². The van der Waals surface area contributed by atoms with Gasteiger partial charge in [0.25, 0.3) is 5.56 Å². The zero-order valence-corrected chi connectivity index (χ0v) is 15.6. The number of ketones is 1. The number of nitrogens with zero attached hydrogens (tertiary/aromatic N) is 2. The average Bonchev–Trinajstić information content (AvgIpc) is 2.64. The van der Waals surface area contributed by atoms with E-state index in [1.807, 2.05) is 0 Å². The Balaban J connectivity index is 1.80. The van der Waals surface area contributed by atoms with E-state index in [-0.39, 0.29) is 30.0 Å². The second-order valence-corrected chi connectivity index (χ2v) is 7.25. The van der Waals surface area contributed by atoms with Crippen molar-refractivity contribution in [2.75, 3.05) is 19.9 Å². The highest BCUT2D eigenvalue weighted by Crippen LogP contribution is 2.22. The van der Waals surface area contributed by atoms with Crippen molar-refractivity contribution in [2.45, 2.75) is 42.8 Å². The SMILES string of the molecule is CO[C@H]1CCCN[C@@H]1CC(=O)Cn1cnc2cc(F)c(SC)cc2c1=O. The molecule has 0 spiro atoms. The summed E-state index contributed by atoms with van der Waals surface area (Å²) in [6.45, 7) is 0.806. The summed E-state index contributed by atoms with van der Waals surface area (Å²) in [6.07, 6.45) is 5.29. The molecule has 26 heavy (non-hydrogen) atoms. The normalized spacial score (nSPS) is 20.4. The number of Topliss-reactive ketones (excluding diaryl/α,β-unsaturated/α-hetero) is 1. The summed E-state index contributed by atoms with van der Waals surface area (Å²) in [5.41, 5.74) is -0.0408. The van der Waals surface area contributed by atoms with Crippen molar-refractivity contribution < 1.29 is 13.9 Å². The monoisotopic (exact) mass is 379 g/mol. The topological polar surface area (TPSA) is 73.2 Å². The van der Waals surface area contributed by atoms with Gasteiger partial charge in [-0.2, -0.15) is 0 Å². The first kappa shape index (κ1) is 19.0. The second kappa shape index (κ2) is 8.28. The van der Waals surface area contributed by atoms with Crippen molar-refractivity contribution in [3.63, 3.8) is 0 Å². The molecular formula is C18H22FN3O3S. The lowest BCUT2D eigenvalue weighted by Crippen LogP contribution is -2.47. The first-order valence-corrected chi connectivity index (χ1v) is 9.76. The molecule has 6 nitrogen and oxygen atoms in total. The highest BCUT2D eigenvalue weighted by atomic mass is 32.2. The zero-order chi connectivity index (χ0) is 18.7. The number of thioether (sulfide) groups is 1. The molecule has 8 heteroatoms. The molecule has 0 radical (unpaired) electrons. The number of halogens is 1. The molecule has 0 amide bonds. The van der Waals surface area contributed by atoms with Crippen molar-refractivity contribution in [3.05, 3.63) is 34.6 Å². The number of ether oxygens (including phenoxy) is 1. The maximum atomic E-state index is 13.9. The lowest BCUT2D eigenvalue weighted by atomic mass is 9.96. The molecule has 1 fully saturated rings. The minimum atomic E-state index is -0.403. The van der Waals surface area contributed by atoms with Crippen LogP contribution in [0.15, 0.2) is 28.2 Å². The minimum absolute atomic E-state index is 0.00580. The van der Waals surface area contributed by atoms with Gasteiger partial charge in [-0.25, -0.2) is 9.37 Å². The molecule has 1 aliphatic rings. The smallest absolute Gasteiger partial charge is 0.261 e. The third kappa shape index (κ3) is 3.97. The van der Waals surface area contributed by atoms with Crippen molar-refractivity contribution in [2.24, 2.45) is 0 Å². The fourth-order valence-corrected chi connectivity index (χ4v) is 3.83. The van der Waals surface area contributed by atoms with Crippen LogP contribution >= 0.6 is 11.8 Å². The third-order valence-corrected chi connectivity index (χ3v) is 5.47. The Kier molecular flexibility index (Phi) is 6.05. The molecule has 1 aromatic carbocycles. The molecule has 3 rings (SSSR count). The Morgan fingerprint density at radius 1 is 1.50 bits per heavy atom. The predicted molar refractivity (Wildman–Crippen MR) is 99.2 cm³/mol. The molecule has 2 atom stereocenters. The lowest BCUT2D eigenvalue weighted by Gasteiger charge is -2.31. The summed E-state index contributed by atoms with van der Waals surface area (Å²) in [5, 5.41) is 3.63. The van der Waals surface area contributed by atoms with Crippen molar-refractivity contribution in [1.82, 2.24) is 14.9 Å². The first-order valence-electron chi connectivity index (χ1n) is 8.54. The number of methoxy groups -OCH3 is 1. The Hall–Kier alpha value is -1.77. The van der Waals surface area contributed by atoms with E-state index in [0.29, 0.717) is 22.2 Å². The molecule has 0 unspecified atom stereocenters. The molecule has 1 N–H and O–H groups in total. The molecule has 0 bridgehead atoms. The van der Waals surface area contributed by atoms with Gasteiger partial charge in [0.15, 0.2) is 5.78 Å². The maximum Gasteiger partial charge on any atom is 0.261 e. The molecule has 0 aliphatic carbocycles. The summed E-state index contributed by atoms with van der Waals surface area (Å²) < 4.78 is 20.6. The number of carbonyl (C=O) groups is 1. The molecular weight excluding hydrogens is 357 g/mol. The van der Waals surface area contributed by atoms with E-state index in [0.717, 1.165) is 19.4 Å². The minimum Gasteiger partial charge on any atom is -0.380 e. The van der Waals surface area contributed by atoms with Gasteiger partial charge < -0.3 is 10.1 Å². The van der Waals surface area contributed by atoms with Gasteiger partial charge in [0.1, 0.15) is 5.82 Å². The highest BCUT2D eigenvalue weighted by Gasteiger charge is 2.26.